The van der Waals surface area contributed by atoms with Gasteiger partial charge >= 0.3 is 0 Å². The number of piperidine rings is 1. The molecule has 2 heterocycles. The summed E-state index contributed by atoms with van der Waals surface area (Å²) >= 11 is 0. The van der Waals surface area contributed by atoms with E-state index in [1.165, 1.54) is 43.9 Å². The number of hydrogen-bond donors (Lipinski definition) is 3. The first-order valence-electron chi connectivity index (χ1n) is 8.85. The molecule has 2 saturated heterocycles. The molecule has 6 nitrogen and oxygen atoms in total. The molecule has 0 saturated carbocycles. The zero-order valence-corrected chi connectivity index (χ0v) is 14.0. The maximum absolute atomic E-state index is 11.1. The monoisotopic (exact) mass is 321 g/mol. The Balaban J connectivity index is 1.53. The second-order valence-electron chi connectivity index (χ2n) is 7.20. The number of nitrogens with zero attached hydrogens (tertiary/aromatic N) is 1. The topological polar surface area (TPSA) is 56.5 Å². The van der Waals surface area contributed by atoms with Crippen LogP contribution in [0, 0.1) is 10.1 Å². The number of benzene rings is 1. The van der Waals surface area contributed by atoms with Gasteiger partial charge in [0.1, 0.15) is 32.7 Å². The van der Waals surface area contributed by atoms with Crippen LogP contribution in [0.2, 0.25) is 0 Å². The van der Waals surface area contributed by atoms with Gasteiger partial charge in [0.25, 0.3) is 5.69 Å². The lowest BCUT2D eigenvalue weighted by Gasteiger charge is -2.36. The number of piperazine rings is 1. The Morgan fingerprint density at radius 2 is 1.74 bits per heavy atom. The largest absolute Gasteiger partial charge is 0.331 e. The van der Waals surface area contributed by atoms with Crippen LogP contribution < -0.4 is 14.7 Å². The lowest BCUT2D eigenvalue weighted by atomic mass is 10.0. The molecular weight excluding hydrogens is 292 g/mol. The summed E-state index contributed by atoms with van der Waals surface area (Å²) in [6.07, 6.45) is 2.51. The van der Waals surface area contributed by atoms with Crippen molar-refractivity contribution in [1.82, 2.24) is 0 Å². The molecule has 2 aliphatic heterocycles. The average Bonchev–Trinajstić information content (AvgIpc) is 2.57. The highest BCUT2D eigenvalue weighted by Gasteiger charge is 2.33. The van der Waals surface area contributed by atoms with Gasteiger partial charge < -0.3 is 14.7 Å². The van der Waals surface area contributed by atoms with Crippen LogP contribution in [0.25, 0.3) is 0 Å². The summed E-state index contributed by atoms with van der Waals surface area (Å²) in [5.41, 5.74) is 1.15. The first-order chi connectivity index (χ1) is 11.1. The summed E-state index contributed by atoms with van der Waals surface area (Å²) in [5.74, 6) is 0. The number of nitrogens with one attached hydrogen (secondary N) is 3. The molecule has 6 heteroatoms. The van der Waals surface area contributed by atoms with Crippen LogP contribution in [0.1, 0.15) is 18.4 Å². The number of likely N-dealkylation sites (N-methyl/N-ethyl adjacent to an activating group) is 1. The molecule has 3 rings (SSSR count). The highest BCUT2D eigenvalue weighted by Crippen LogP contribution is 2.16. The molecule has 3 N–H and O–H groups in total. The second-order valence-corrected chi connectivity index (χ2v) is 7.20. The molecule has 0 aromatic heterocycles. The lowest BCUT2D eigenvalue weighted by molar-refractivity contribution is -1.02. The number of rotatable bonds is 4. The van der Waals surface area contributed by atoms with Crippen LogP contribution in [-0.4, -0.2) is 57.3 Å². The predicted molar refractivity (Wildman–Crippen MR) is 87.8 cm³/mol. The van der Waals surface area contributed by atoms with E-state index in [1.807, 2.05) is 12.1 Å². The molecule has 1 aromatic carbocycles. The summed E-state index contributed by atoms with van der Waals surface area (Å²) in [5, 5.41) is 11.1. The van der Waals surface area contributed by atoms with Crippen molar-refractivity contribution in [2.45, 2.75) is 25.4 Å². The molecule has 0 radical (unpaired) electrons. The summed E-state index contributed by atoms with van der Waals surface area (Å²) in [6, 6.07) is 7.99. The van der Waals surface area contributed by atoms with Crippen molar-refractivity contribution in [3.8, 4) is 0 Å². The fourth-order valence-electron chi connectivity index (χ4n) is 4.12. The lowest BCUT2D eigenvalue weighted by Crippen LogP contribution is -3.29. The van der Waals surface area contributed by atoms with E-state index in [0.29, 0.717) is 0 Å². The van der Waals surface area contributed by atoms with Crippen molar-refractivity contribution in [3.63, 3.8) is 0 Å². The van der Waals surface area contributed by atoms with E-state index in [1.54, 1.807) is 21.9 Å². The van der Waals surface area contributed by atoms with Crippen LogP contribution in [0.5, 0.6) is 0 Å². The van der Waals surface area contributed by atoms with Gasteiger partial charge in [0.2, 0.25) is 0 Å². The smallest absolute Gasteiger partial charge is 0.278 e. The molecule has 0 atom stereocenters. The molecule has 23 heavy (non-hydrogen) atoms. The third-order valence-corrected chi connectivity index (χ3v) is 5.64. The number of likely N-dealkylation sites (tertiary alicyclic amines) is 1. The SMILES string of the molecule is C[NH+]1CC[NH+](C2CC[NH+](Cc3ccccc3[N+](=O)[O-])CC2)CC1. The molecule has 0 amide bonds. The van der Waals surface area contributed by atoms with Crippen molar-refractivity contribution in [2.75, 3.05) is 46.3 Å². The normalized spacial score (nSPS) is 31.7. The zero-order valence-electron chi connectivity index (χ0n) is 14.0. The van der Waals surface area contributed by atoms with Gasteiger partial charge in [-0.05, 0) is 6.07 Å². The van der Waals surface area contributed by atoms with Gasteiger partial charge in [-0.1, -0.05) is 12.1 Å². The van der Waals surface area contributed by atoms with Crippen molar-refractivity contribution in [1.29, 1.82) is 0 Å². The van der Waals surface area contributed by atoms with Crippen LogP contribution in [0.4, 0.5) is 5.69 Å². The van der Waals surface area contributed by atoms with Crippen LogP contribution in [-0.2, 0) is 6.54 Å². The Bertz CT molecular complexity index is 535. The highest BCUT2D eigenvalue weighted by molar-refractivity contribution is 5.39. The average molecular weight is 321 g/mol. The van der Waals surface area contributed by atoms with E-state index in [0.717, 1.165) is 31.2 Å². The van der Waals surface area contributed by atoms with Crippen molar-refractivity contribution < 1.29 is 19.6 Å². The second kappa shape index (κ2) is 7.38. The maximum atomic E-state index is 11.1. The maximum Gasteiger partial charge on any atom is 0.278 e. The van der Waals surface area contributed by atoms with Gasteiger partial charge in [0.15, 0.2) is 0 Å². The predicted octanol–water partition coefficient (Wildman–Crippen LogP) is -2.44. The van der Waals surface area contributed by atoms with Crippen molar-refractivity contribution in [3.05, 3.63) is 39.9 Å². The fraction of sp³-hybridized carbons (Fsp3) is 0.647. The first-order valence-corrected chi connectivity index (χ1v) is 8.85. The molecule has 0 spiro atoms. The molecule has 2 aliphatic rings. The van der Waals surface area contributed by atoms with Gasteiger partial charge in [0.05, 0.1) is 36.7 Å². The third-order valence-electron chi connectivity index (χ3n) is 5.64. The van der Waals surface area contributed by atoms with Gasteiger partial charge in [-0.15, -0.1) is 0 Å². The number of nitro benzene ring substituents is 1. The Kier molecular flexibility index (Phi) is 5.25. The number of quaternary nitrogens is 3. The summed E-state index contributed by atoms with van der Waals surface area (Å²) in [7, 11) is 2.29. The van der Waals surface area contributed by atoms with E-state index < -0.39 is 0 Å². The minimum atomic E-state index is -0.252. The van der Waals surface area contributed by atoms with Crippen LogP contribution in [0.3, 0.4) is 0 Å². The van der Waals surface area contributed by atoms with Crippen LogP contribution in [0.15, 0.2) is 24.3 Å². The quantitative estimate of drug-likeness (QED) is 0.426. The van der Waals surface area contributed by atoms with Gasteiger partial charge in [0, 0.05) is 18.9 Å². The Morgan fingerprint density at radius 1 is 1.09 bits per heavy atom. The summed E-state index contributed by atoms with van der Waals surface area (Å²) in [6.45, 7) is 8.25. The summed E-state index contributed by atoms with van der Waals surface area (Å²) < 4.78 is 0. The molecule has 0 bridgehead atoms. The van der Waals surface area contributed by atoms with Crippen LogP contribution >= 0.6 is 0 Å². The van der Waals surface area contributed by atoms with Gasteiger partial charge in [-0.3, -0.25) is 10.1 Å². The number of hydrogen-bond acceptors (Lipinski definition) is 2. The fourth-order valence-corrected chi connectivity index (χ4v) is 4.12. The van der Waals surface area contributed by atoms with E-state index in [2.05, 4.69) is 7.05 Å². The highest BCUT2D eigenvalue weighted by atomic mass is 16.6. The van der Waals surface area contributed by atoms with Crippen molar-refractivity contribution >= 4 is 5.69 Å². The standard InChI is InChI=1S/C17H26N4O2/c1-18-10-12-20(13-11-18)16-6-8-19(9-7-16)14-15-4-2-3-5-17(15)21(22)23/h2-5,16H,6-14H2,1H3/p+3. The van der Waals surface area contributed by atoms with E-state index in [9.17, 15) is 10.1 Å². The first kappa shape index (κ1) is 16.4. The summed E-state index contributed by atoms with van der Waals surface area (Å²) in [4.78, 5) is 15.8. The molecular formula is C17H29N4O2+3. The molecule has 0 aliphatic carbocycles. The van der Waals surface area contributed by atoms with E-state index >= 15 is 0 Å². The molecule has 126 valence electrons. The minimum absolute atomic E-state index is 0.252. The number of para-hydroxylation sites is 1. The van der Waals surface area contributed by atoms with E-state index in [-0.39, 0.29) is 10.6 Å². The van der Waals surface area contributed by atoms with E-state index in [4.69, 9.17) is 0 Å². The van der Waals surface area contributed by atoms with Crippen molar-refractivity contribution in [2.24, 2.45) is 0 Å². The number of nitro groups is 1. The Labute approximate surface area is 137 Å². The zero-order chi connectivity index (χ0) is 16.2. The minimum Gasteiger partial charge on any atom is -0.331 e. The molecule has 1 aromatic rings. The molecule has 2 fully saturated rings. The van der Waals surface area contributed by atoms with Gasteiger partial charge in [-0.25, -0.2) is 0 Å². The van der Waals surface area contributed by atoms with Gasteiger partial charge in [-0.2, -0.15) is 0 Å². The Hall–Kier alpha value is -1.50. The Morgan fingerprint density at radius 3 is 2.39 bits per heavy atom. The molecule has 0 unspecified atom stereocenters. The third kappa shape index (κ3) is 4.07.